The van der Waals surface area contributed by atoms with E-state index in [2.05, 4.69) is 0 Å². The number of nitrogens with two attached hydrogens (primary N) is 1. The summed E-state index contributed by atoms with van der Waals surface area (Å²) in [5.74, 6) is -0.130. The smallest absolute Gasteiger partial charge is 0.383 e. The molecule has 2 rings (SSSR count). The van der Waals surface area contributed by atoms with Crippen LogP contribution in [0.15, 0.2) is 24.3 Å². The van der Waals surface area contributed by atoms with Crippen molar-refractivity contribution in [3.63, 3.8) is 0 Å². The highest BCUT2D eigenvalue weighted by molar-refractivity contribution is 7.20. The standard InChI is InChI=1S/C10H7F3N2S.ClH/c11-10(12,13)6-1-2-7-5(3-6)4-8(16-7)9(14)15;/h1-4H,(H3,14,15);1H. The SMILES string of the molecule is Cl.N=C(N)c1cc2cc(C(F)(F)F)ccc2s1. The summed E-state index contributed by atoms with van der Waals surface area (Å²) in [5, 5.41) is 7.67. The summed E-state index contributed by atoms with van der Waals surface area (Å²) in [6.07, 6.45) is -4.34. The van der Waals surface area contributed by atoms with E-state index in [0.29, 0.717) is 15.0 Å². The van der Waals surface area contributed by atoms with Gasteiger partial charge >= 0.3 is 6.18 Å². The van der Waals surface area contributed by atoms with Gasteiger partial charge in [0, 0.05) is 4.70 Å². The molecule has 0 aliphatic heterocycles. The van der Waals surface area contributed by atoms with Crippen molar-refractivity contribution in [1.29, 1.82) is 5.41 Å². The molecule has 0 unspecified atom stereocenters. The summed E-state index contributed by atoms with van der Waals surface area (Å²) < 4.78 is 37.9. The molecule has 0 amide bonds. The van der Waals surface area contributed by atoms with E-state index >= 15 is 0 Å². The third kappa shape index (κ3) is 2.70. The third-order valence-corrected chi connectivity index (χ3v) is 3.26. The highest BCUT2D eigenvalue weighted by atomic mass is 35.5. The minimum Gasteiger partial charge on any atom is -0.383 e. The summed E-state index contributed by atoms with van der Waals surface area (Å²) in [4.78, 5) is 0.481. The van der Waals surface area contributed by atoms with E-state index < -0.39 is 11.7 Å². The van der Waals surface area contributed by atoms with E-state index in [1.807, 2.05) is 0 Å². The Labute approximate surface area is 105 Å². The molecular weight excluding hydrogens is 273 g/mol. The molecule has 2 aromatic rings. The molecule has 0 fully saturated rings. The molecule has 0 saturated heterocycles. The minimum absolute atomic E-state index is 0. The van der Waals surface area contributed by atoms with E-state index in [1.165, 1.54) is 23.5 Å². The number of hydrogen-bond acceptors (Lipinski definition) is 2. The second-order valence-electron chi connectivity index (χ2n) is 3.27. The number of halogens is 4. The summed E-state index contributed by atoms with van der Waals surface area (Å²) in [6.45, 7) is 0. The number of hydrogen-bond donors (Lipinski definition) is 2. The molecule has 1 aromatic heterocycles. The van der Waals surface area contributed by atoms with Gasteiger partial charge < -0.3 is 5.73 Å². The topological polar surface area (TPSA) is 49.9 Å². The molecule has 7 heteroatoms. The second-order valence-corrected chi connectivity index (χ2v) is 4.36. The Balaban J connectivity index is 0.00000144. The Kier molecular flexibility index (Phi) is 3.68. The molecule has 0 saturated carbocycles. The Morgan fingerprint density at radius 2 is 1.88 bits per heavy atom. The van der Waals surface area contributed by atoms with Gasteiger partial charge in [-0.25, -0.2) is 0 Å². The molecule has 3 N–H and O–H groups in total. The van der Waals surface area contributed by atoms with Crippen molar-refractivity contribution < 1.29 is 13.2 Å². The zero-order chi connectivity index (χ0) is 11.9. The zero-order valence-corrected chi connectivity index (χ0v) is 9.97. The predicted molar refractivity (Wildman–Crippen MR) is 65.1 cm³/mol. The molecule has 2 nitrogen and oxygen atoms in total. The number of alkyl halides is 3. The van der Waals surface area contributed by atoms with Crippen LogP contribution < -0.4 is 5.73 Å². The van der Waals surface area contributed by atoms with Crippen LogP contribution in [0.1, 0.15) is 10.4 Å². The van der Waals surface area contributed by atoms with Gasteiger partial charge in [-0.15, -0.1) is 23.7 Å². The van der Waals surface area contributed by atoms with E-state index in [4.69, 9.17) is 11.1 Å². The van der Waals surface area contributed by atoms with Gasteiger partial charge in [-0.1, -0.05) is 0 Å². The van der Waals surface area contributed by atoms with Crippen LogP contribution in [0.2, 0.25) is 0 Å². The average Bonchev–Trinajstić information content (AvgIpc) is 2.58. The minimum atomic E-state index is -4.34. The summed E-state index contributed by atoms with van der Waals surface area (Å²) >= 11 is 1.21. The van der Waals surface area contributed by atoms with Crippen molar-refractivity contribution in [2.75, 3.05) is 0 Å². The molecule has 92 valence electrons. The first-order chi connectivity index (χ1) is 7.38. The monoisotopic (exact) mass is 280 g/mol. The first-order valence-electron chi connectivity index (χ1n) is 4.33. The Morgan fingerprint density at radius 3 is 2.41 bits per heavy atom. The molecule has 0 radical (unpaired) electrons. The Hall–Kier alpha value is -1.27. The maximum atomic E-state index is 12.4. The average molecular weight is 281 g/mol. The van der Waals surface area contributed by atoms with Gasteiger partial charge in [0.15, 0.2) is 0 Å². The van der Waals surface area contributed by atoms with Gasteiger partial charge in [-0.3, -0.25) is 5.41 Å². The number of nitrogens with one attached hydrogen (secondary N) is 1. The zero-order valence-electron chi connectivity index (χ0n) is 8.34. The highest BCUT2D eigenvalue weighted by Crippen LogP contribution is 2.33. The molecule has 0 spiro atoms. The van der Waals surface area contributed by atoms with E-state index in [1.54, 1.807) is 0 Å². The lowest BCUT2D eigenvalue weighted by atomic mass is 10.1. The summed E-state index contributed by atoms with van der Waals surface area (Å²) in [5.41, 5.74) is 4.59. The largest absolute Gasteiger partial charge is 0.416 e. The van der Waals surface area contributed by atoms with Gasteiger partial charge in [0.2, 0.25) is 0 Å². The number of thiophene rings is 1. The van der Waals surface area contributed by atoms with Gasteiger partial charge in [0.05, 0.1) is 10.4 Å². The molecule has 17 heavy (non-hydrogen) atoms. The lowest BCUT2D eigenvalue weighted by Gasteiger charge is -2.05. The van der Waals surface area contributed by atoms with E-state index in [-0.39, 0.29) is 18.2 Å². The fraction of sp³-hybridized carbons (Fsp3) is 0.100. The van der Waals surface area contributed by atoms with Crippen molar-refractivity contribution in [3.05, 3.63) is 34.7 Å². The van der Waals surface area contributed by atoms with Crippen LogP contribution in [0.4, 0.5) is 13.2 Å². The lowest BCUT2D eigenvalue weighted by molar-refractivity contribution is -0.137. The van der Waals surface area contributed by atoms with Crippen LogP contribution in [0.3, 0.4) is 0 Å². The number of amidine groups is 1. The number of nitrogen functional groups attached to an aromatic ring is 1. The molecule has 0 atom stereocenters. The Bertz CT molecular complexity index is 562. The maximum Gasteiger partial charge on any atom is 0.416 e. The van der Waals surface area contributed by atoms with Crippen molar-refractivity contribution in [3.8, 4) is 0 Å². The third-order valence-electron chi connectivity index (χ3n) is 2.11. The highest BCUT2D eigenvalue weighted by Gasteiger charge is 2.30. The van der Waals surface area contributed by atoms with Crippen LogP contribution >= 0.6 is 23.7 Å². The second kappa shape index (κ2) is 4.54. The normalized spacial score (nSPS) is 11.2. The van der Waals surface area contributed by atoms with Gasteiger partial charge in [0.25, 0.3) is 0 Å². The lowest BCUT2D eigenvalue weighted by Crippen LogP contribution is -2.08. The van der Waals surface area contributed by atoms with Crippen LogP contribution in [-0.4, -0.2) is 5.84 Å². The summed E-state index contributed by atoms with van der Waals surface area (Å²) in [7, 11) is 0. The first-order valence-corrected chi connectivity index (χ1v) is 5.15. The van der Waals surface area contributed by atoms with Crippen LogP contribution in [-0.2, 0) is 6.18 Å². The fourth-order valence-electron chi connectivity index (χ4n) is 1.35. The van der Waals surface area contributed by atoms with Crippen molar-refractivity contribution in [2.45, 2.75) is 6.18 Å². The van der Waals surface area contributed by atoms with Gasteiger partial charge in [0.1, 0.15) is 5.84 Å². The molecule has 1 aromatic carbocycles. The molecular formula is C10H8ClF3N2S. The molecule has 1 heterocycles. The van der Waals surface area contributed by atoms with E-state index in [9.17, 15) is 13.2 Å². The number of fused-ring (bicyclic) bond motifs is 1. The summed E-state index contributed by atoms with van der Waals surface area (Å²) in [6, 6.07) is 4.99. The molecule has 0 aliphatic rings. The van der Waals surface area contributed by atoms with Crippen molar-refractivity contribution in [2.24, 2.45) is 5.73 Å². The van der Waals surface area contributed by atoms with Crippen LogP contribution in [0.25, 0.3) is 10.1 Å². The quantitative estimate of drug-likeness (QED) is 0.608. The van der Waals surface area contributed by atoms with E-state index in [0.717, 1.165) is 12.1 Å². The number of rotatable bonds is 1. The van der Waals surface area contributed by atoms with Crippen molar-refractivity contribution >= 4 is 39.7 Å². The first kappa shape index (κ1) is 13.8. The molecule has 0 bridgehead atoms. The Morgan fingerprint density at radius 1 is 1.24 bits per heavy atom. The maximum absolute atomic E-state index is 12.4. The van der Waals surface area contributed by atoms with Crippen molar-refractivity contribution in [1.82, 2.24) is 0 Å². The van der Waals surface area contributed by atoms with Gasteiger partial charge in [-0.05, 0) is 29.7 Å². The van der Waals surface area contributed by atoms with Gasteiger partial charge in [-0.2, -0.15) is 13.2 Å². The molecule has 0 aliphatic carbocycles. The number of benzene rings is 1. The van der Waals surface area contributed by atoms with Crippen LogP contribution in [0, 0.1) is 5.41 Å². The predicted octanol–water partition coefficient (Wildman–Crippen LogP) is 3.63. The van der Waals surface area contributed by atoms with Crippen LogP contribution in [0.5, 0.6) is 0 Å². The fourth-order valence-corrected chi connectivity index (χ4v) is 2.26.